The van der Waals surface area contributed by atoms with Gasteiger partial charge in [-0.25, -0.2) is 0 Å². The molecule has 0 bridgehead atoms. The van der Waals surface area contributed by atoms with Crippen molar-refractivity contribution in [2.45, 2.75) is 90.3 Å². The number of hydrogen-bond donors (Lipinski definition) is 1. The summed E-state index contributed by atoms with van der Waals surface area (Å²) in [6.45, 7) is 8.85. The zero-order chi connectivity index (χ0) is 24.0. The van der Waals surface area contributed by atoms with Gasteiger partial charge in [0.25, 0.3) is 5.91 Å². The molecule has 1 aliphatic heterocycles. The summed E-state index contributed by atoms with van der Waals surface area (Å²) < 4.78 is 3.19. The molecule has 6 heteroatoms. The van der Waals surface area contributed by atoms with Crippen LogP contribution < -0.4 is 10.2 Å². The average molecular weight is 478 g/mol. The molecule has 0 radical (unpaired) electrons. The summed E-state index contributed by atoms with van der Waals surface area (Å²) in [6, 6.07) is 12.5. The van der Waals surface area contributed by atoms with Crippen molar-refractivity contribution in [3.05, 3.63) is 52.5 Å². The number of nitrogens with one attached hydrogen (secondary N) is 1. The van der Waals surface area contributed by atoms with Crippen molar-refractivity contribution < 1.29 is 9.59 Å². The summed E-state index contributed by atoms with van der Waals surface area (Å²) >= 11 is 1.74. The molecule has 1 aliphatic carbocycles. The Labute approximate surface area is 206 Å². The van der Waals surface area contributed by atoms with Crippen molar-refractivity contribution in [1.29, 1.82) is 0 Å². The standard InChI is InChI=1S/C28H35N3O2S/c1-5-22-15-23-25(34-22)16-24-26(32)31(21-13-11-19(12-14-21)18(2)3)28(4,17-30(23)24)27(33)29-20-9-7-6-8-10-20/h11-16,18,20H,5-10,17H2,1-4H3,(H,29,33)/t28-/m0/s1. The smallest absolute Gasteiger partial charge is 0.275 e. The number of carbonyl (C=O) groups excluding carboxylic acids is 2. The topological polar surface area (TPSA) is 54.3 Å². The summed E-state index contributed by atoms with van der Waals surface area (Å²) in [7, 11) is 0. The van der Waals surface area contributed by atoms with E-state index in [-0.39, 0.29) is 17.9 Å². The first-order chi connectivity index (χ1) is 16.3. The van der Waals surface area contributed by atoms with Crippen molar-refractivity contribution >= 4 is 39.1 Å². The Morgan fingerprint density at radius 1 is 1.15 bits per heavy atom. The molecule has 34 heavy (non-hydrogen) atoms. The van der Waals surface area contributed by atoms with Crippen LogP contribution in [0.25, 0.3) is 10.2 Å². The molecule has 3 heterocycles. The maximum absolute atomic E-state index is 14.0. The van der Waals surface area contributed by atoms with Crippen LogP contribution in [0.2, 0.25) is 0 Å². The van der Waals surface area contributed by atoms with E-state index in [1.54, 1.807) is 16.2 Å². The van der Waals surface area contributed by atoms with Gasteiger partial charge < -0.3 is 9.88 Å². The Morgan fingerprint density at radius 2 is 1.85 bits per heavy atom. The molecule has 1 N–H and O–H groups in total. The number of hydrogen-bond acceptors (Lipinski definition) is 3. The van der Waals surface area contributed by atoms with Gasteiger partial charge in [-0.2, -0.15) is 0 Å². The molecular formula is C28H35N3O2S. The van der Waals surface area contributed by atoms with Gasteiger partial charge in [0.05, 0.1) is 16.8 Å². The largest absolute Gasteiger partial charge is 0.351 e. The SMILES string of the molecule is CCc1cc2c(cc3n2C[C@@](C)(C(=O)NC2CCCCC2)N(c2ccc(C(C)C)cc2)C3=O)s1. The minimum Gasteiger partial charge on any atom is -0.351 e. The third kappa shape index (κ3) is 3.86. The van der Waals surface area contributed by atoms with Gasteiger partial charge in [-0.15, -0.1) is 11.3 Å². The fourth-order valence-electron chi connectivity index (χ4n) is 5.50. The zero-order valence-electron chi connectivity index (χ0n) is 20.7. The van der Waals surface area contributed by atoms with Crippen LogP contribution in [0, 0.1) is 0 Å². The second-order valence-corrected chi connectivity index (χ2v) is 11.6. The van der Waals surface area contributed by atoms with Gasteiger partial charge in [-0.05, 0) is 61.9 Å². The molecule has 2 amide bonds. The van der Waals surface area contributed by atoms with Crippen LogP contribution in [0.1, 0.15) is 86.6 Å². The van der Waals surface area contributed by atoms with Crippen molar-refractivity contribution in [3.8, 4) is 0 Å². The van der Waals surface area contributed by atoms with Crippen LogP contribution in [0.5, 0.6) is 0 Å². The van der Waals surface area contributed by atoms with Crippen molar-refractivity contribution in [2.75, 3.05) is 4.90 Å². The summed E-state index contributed by atoms with van der Waals surface area (Å²) in [5.41, 5.74) is 2.72. The van der Waals surface area contributed by atoms with E-state index in [1.807, 2.05) is 25.1 Å². The third-order valence-corrected chi connectivity index (χ3v) is 8.83. The molecule has 0 unspecified atom stereocenters. The van der Waals surface area contributed by atoms with E-state index in [4.69, 9.17) is 0 Å². The Hall–Kier alpha value is -2.60. The van der Waals surface area contributed by atoms with E-state index < -0.39 is 5.54 Å². The van der Waals surface area contributed by atoms with Crippen LogP contribution in [-0.4, -0.2) is 28.0 Å². The van der Waals surface area contributed by atoms with Gasteiger partial charge in [-0.3, -0.25) is 14.5 Å². The van der Waals surface area contributed by atoms with Crippen LogP contribution in [0.4, 0.5) is 5.69 Å². The fourth-order valence-corrected chi connectivity index (χ4v) is 6.55. The van der Waals surface area contributed by atoms with E-state index >= 15 is 0 Å². The number of aryl methyl sites for hydroxylation is 1. The molecule has 5 rings (SSSR count). The normalized spacial score (nSPS) is 21.3. The molecule has 180 valence electrons. The predicted octanol–water partition coefficient (Wildman–Crippen LogP) is 6.26. The number of aromatic nitrogens is 1. The van der Waals surface area contributed by atoms with Gasteiger partial charge in [-0.1, -0.05) is 52.2 Å². The highest BCUT2D eigenvalue weighted by Gasteiger charge is 2.49. The number of amides is 2. The number of benzene rings is 1. The molecule has 0 saturated heterocycles. The second-order valence-electron chi connectivity index (χ2n) is 10.4. The highest BCUT2D eigenvalue weighted by atomic mass is 32.1. The monoisotopic (exact) mass is 477 g/mol. The molecule has 1 saturated carbocycles. The molecule has 2 aromatic heterocycles. The summed E-state index contributed by atoms with van der Waals surface area (Å²) in [6.07, 6.45) is 6.54. The van der Waals surface area contributed by atoms with E-state index in [0.29, 0.717) is 18.2 Å². The van der Waals surface area contributed by atoms with Crippen molar-refractivity contribution in [1.82, 2.24) is 9.88 Å². The predicted molar refractivity (Wildman–Crippen MR) is 140 cm³/mol. The maximum Gasteiger partial charge on any atom is 0.275 e. The fraction of sp³-hybridized carbons (Fsp3) is 0.500. The third-order valence-electron chi connectivity index (χ3n) is 7.62. The lowest BCUT2D eigenvalue weighted by Crippen LogP contribution is -2.65. The van der Waals surface area contributed by atoms with Crippen LogP contribution in [0.15, 0.2) is 36.4 Å². The highest BCUT2D eigenvalue weighted by Crippen LogP contribution is 2.39. The molecule has 5 nitrogen and oxygen atoms in total. The molecule has 1 fully saturated rings. The van der Waals surface area contributed by atoms with E-state index in [2.05, 4.69) is 48.9 Å². The quantitative estimate of drug-likeness (QED) is 0.472. The zero-order valence-corrected chi connectivity index (χ0v) is 21.5. The molecule has 1 atom stereocenters. The molecule has 0 spiro atoms. The Kier molecular flexibility index (Phi) is 6.05. The van der Waals surface area contributed by atoms with Gasteiger partial charge in [0.1, 0.15) is 11.2 Å². The van der Waals surface area contributed by atoms with Crippen LogP contribution >= 0.6 is 11.3 Å². The lowest BCUT2D eigenvalue weighted by atomic mass is 9.90. The Balaban J connectivity index is 1.58. The average Bonchev–Trinajstić information content (AvgIpc) is 3.38. The summed E-state index contributed by atoms with van der Waals surface area (Å²) in [5, 5.41) is 3.32. The summed E-state index contributed by atoms with van der Waals surface area (Å²) in [4.78, 5) is 30.9. The van der Waals surface area contributed by atoms with Gasteiger partial charge in [0.2, 0.25) is 5.91 Å². The number of rotatable bonds is 5. The maximum atomic E-state index is 14.0. The second kappa shape index (κ2) is 8.88. The lowest BCUT2D eigenvalue weighted by Gasteiger charge is -2.44. The highest BCUT2D eigenvalue weighted by molar-refractivity contribution is 7.19. The van der Waals surface area contributed by atoms with Crippen LogP contribution in [0.3, 0.4) is 0 Å². The van der Waals surface area contributed by atoms with E-state index in [9.17, 15) is 9.59 Å². The Morgan fingerprint density at radius 3 is 2.50 bits per heavy atom. The number of nitrogens with zero attached hydrogens (tertiary/aromatic N) is 2. The number of carbonyl (C=O) groups is 2. The van der Waals surface area contributed by atoms with Crippen LogP contribution in [-0.2, 0) is 17.8 Å². The van der Waals surface area contributed by atoms with Crippen molar-refractivity contribution in [3.63, 3.8) is 0 Å². The number of anilines is 1. The van der Waals surface area contributed by atoms with E-state index in [1.165, 1.54) is 16.9 Å². The summed E-state index contributed by atoms with van der Waals surface area (Å²) in [5.74, 6) is 0.245. The van der Waals surface area contributed by atoms with Gasteiger partial charge in [0.15, 0.2) is 0 Å². The molecule has 1 aromatic carbocycles. The molecular weight excluding hydrogens is 442 g/mol. The molecule has 3 aromatic rings. The minimum absolute atomic E-state index is 0.0564. The molecule has 2 aliphatic rings. The first-order valence-electron chi connectivity index (χ1n) is 12.7. The van der Waals surface area contributed by atoms with E-state index in [0.717, 1.165) is 48.0 Å². The van der Waals surface area contributed by atoms with Crippen molar-refractivity contribution in [2.24, 2.45) is 0 Å². The first kappa shape index (κ1) is 23.2. The lowest BCUT2D eigenvalue weighted by molar-refractivity contribution is -0.127. The van der Waals surface area contributed by atoms with Gasteiger partial charge in [0, 0.05) is 16.6 Å². The minimum atomic E-state index is -1.01. The number of thiophene rings is 1. The Bertz CT molecular complexity index is 1220. The van der Waals surface area contributed by atoms with Gasteiger partial charge >= 0.3 is 0 Å². The number of fused-ring (bicyclic) bond motifs is 3. The first-order valence-corrected chi connectivity index (χ1v) is 13.5.